The van der Waals surface area contributed by atoms with Gasteiger partial charge in [0.2, 0.25) is 0 Å². The summed E-state index contributed by atoms with van der Waals surface area (Å²) >= 11 is 0. The molecule has 2 atom stereocenters. The zero-order valence-electron chi connectivity index (χ0n) is 11.9. The lowest BCUT2D eigenvalue weighted by molar-refractivity contribution is -0.110. The minimum atomic E-state index is -0.747. The largest absolute Gasteiger partial charge is 0.494 e. The van der Waals surface area contributed by atoms with Gasteiger partial charge in [-0.3, -0.25) is 0 Å². The van der Waals surface area contributed by atoms with Crippen molar-refractivity contribution in [2.45, 2.75) is 51.2 Å². The molecule has 1 aromatic rings. The Morgan fingerprint density at radius 2 is 2.05 bits per heavy atom. The van der Waals surface area contributed by atoms with Gasteiger partial charge < -0.3 is 14.6 Å². The van der Waals surface area contributed by atoms with Gasteiger partial charge in [0.05, 0.1) is 24.9 Å². The number of ether oxygens (including phenoxy) is 2. The van der Waals surface area contributed by atoms with Crippen LogP contribution in [0.5, 0.6) is 5.75 Å². The van der Waals surface area contributed by atoms with E-state index in [0.717, 1.165) is 24.2 Å². The van der Waals surface area contributed by atoms with E-state index >= 15 is 0 Å². The highest BCUT2D eigenvalue weighted by Gasteiger charge is 2.36. The van der Waals surface area contributed by atoms with Crippen LogP contribution >= 0.6 is 0 Å². The first kappa shape index (κ1) is 14.4. The third-order valence-electron chi connectivity index (χ3n) is 3.75. The average molecular weight is 264 g/mol. The second-order valence-electron chi connectivity index (χ2n) is 5.22. The minimum Gasteiger partial charge on any atom is -0.494 e. The number of hydrogen-bond acceptors (Lipinski definition) is 3. The van der Waals surface area contributed by atoms with Crippen LogP contribution in [0.3, 0.4) is 0 Å². The molecule has 1 heterocycles. The van der Waals surface area contributed by atoms with Gasteiger partial charge in [0.1, 0.15) is 5.75 Å². The molecular weight excluding hydrogens is 240 g/mol. The maximum Gasteiger partial charge on any atom is 0.119 e. The number of benzene rings is 1. The molecule has 1 aliphatic rings. The van der Waals surface area contributed by atoms with E-state index in [1.165, 1.54) is 0 Å². The molecule has 0 spiro atoms. The lowest BCUT2D eigenvalue weighted by Crippen LogP contribution is -2.38. The molecule has 0 bridgehead atoms. The van der Waals surface area contributed by atoms with Crippen molar-refractivity contribution >= 4 is 0 Å². The second-order valence-corrected chi connectivity index (χ2v) is 5.22. The SMILES string of the molecule is CCCC1CC(O)(c2ccc(OCC)cc2)CCO1. The molecule has 1 aromatic carbocycles. The van der Waals surface area contributed by atoms with Crippen molar-refractivity contribution in [3.63, 3.8) is 0 Å². The lowest BCUT2D eigenvalue weighted by atomic mass is 9.83. The molecule has 19 heavy (non-hydrogen) atoms. The molecule has 1 aliphatic heterocycles. The summed E-state index contributed by atoms with van der Waals surface area (Å²) < 4.78 is 11.1. The van der Waals surface area contributed by atoms with Crippen LogP contribution in [0.2, 0.25) is 0 Å². The summed E-state index contributed by atoms with van der Waals surface area (Å²) in [5.41, 5.74) is 0.225. The lowest BCUT2D eigenvalue weighted by Gasteiger charge is -2.37. The standard InChI is InChI=1S/C16H24O3/c1-3-5-15-12-16(17,10-11-19-15)13-6-8-14(9-7-13)18-4-2/h6-9,15,17H,3-5,10-12H2,1-2H3. The van der Waals surface area contributed by atoms with Crippen LogP contribution in [0, 0.1) is 0 Å². The Morgan fingerprint density at radius 3 is 2.68 bits per heavy atom. The molecule has 106 valence electrons. The predicted octanol–water partition coefficient (Wildman–Crippen LogP) is 3.25. The molecule has 2 unspecified atom stereocenters. The molecular formula is C16H24O3. The zero-order valence-corrected chi connectivity index (χ0v) is 11.9. The highest BCUT2D eigenvalue weighted by molar-refractivity contribution is 5.31. The zero-order chi connectivity index (χ0) is 13.7. The molecule has 0 aliphatic carbocycles. The topological polar surface area (TPSA) is 38.7 Å². The Morgan fingerprint density at radius 1 is 1.32 bits per heavy atom. The molecule has 0 radical (unpaired) electrons. The average Bonchev–Trinajstić information content (AvgIpc) is 2.40. The van der Waals surface area contributed by atoms with Crippen molar-refractivity contribution in [1.29, 1.82) is 0 Å². The van der Waals surface area contributed by atoms with Crippen molar-refractivity contribution in [2.24, 2.45) is 0 Å². The highest BCUT2D eigenvalue weighted by atomic mass is 16.5. The second kappa shape index (κ2) is 6.40. The van der Waals surface area contributed by atoms with Gasteiger partial charge in [0.25, 0.3) is 0 Å². The molecule has 0 aromatic heterocycles. The number of rotatable bonds is 5. The molecule has 3 nitrogen and oxygen atoms in total. The van der Waals surface area contributed by atoms with Crippen molar-refractivity contribution in [2.75, 3.05) is 13.2 Å². The fourth-order valence-corrected chi connectivity index (χ4v) is 2.73. The van der Waals surface area contributed by atoms with Gasteiger partial charge in [-0.1, -0.05) is 25.5 Å². The number of aliphatic hydroxyl groups is 1. The van der Waals surface area contributed by atoms with Crippen LogP contribution in [0.15, 0.2) is 24.3 Å². The quantitative estimate of drug-likeness (QED) is 0.887. The summed E-state index contributed by atoms with van der Waals surface area (Å²) in [6, 6.07) is 7.81. The predicted molar refractivity (Wildman–Crippen MR) is 75.4 cm³/mol. The van der Waals surface area contributed by atoms with Crippen molar-refractivity contribution in [3.05, 3.63) is 29.8 Å². The van der Waals surface area contributed by atoms with E-state index in [1.807, 2.05) is 31.2 Å². The van der Waals surface area contributed by atoms with Gasteiger partial charge in [0.15, 0.2) is 0 Å². The van der Waals surface area contributed by atoms with Crippen LogP contribution in [0.4, 0.5) is 0 Å². The normalized spacial score (nSPS) is 27.2. The monoisotopic (exact) mass is 264 g/mol. The van der Waals surface area contributed by atoms with E-state index in [9.17, 15) is 5.11 Å². The van der Waals surface area contributed by atoms with Gasteiger partial charge >= 0.3 is 0 Å². The van der Waals surface area contributed by atoms with Gasteiger partial charge in [-0.2, -0.15) is 0 Å². The molecule has 2 rings (SSSR count). The first-order valence-electron chi connectivity index (χ1n) is 7.25. The van der Waals surface area contributed by atoms with Crippen LogP contribution in [-0.4, -0.2) is 24.4 Å². The van der Waals surface area contributed by atoms with E-state index in [1.54, 1.807) is 0 Å². The molecule has 0 saturated carbocycles. The van der Waals surface area contributed by atoms with E-state index in [4.69, 9.17) is 9.47 Å². The maximum atomic E-state index is 10.8. The highest BCUT2D eigenvalue weighted by Crippen LogP contribution is 2.36. The van der Waals surface area contributed by atoms with Crippen LogP contribution in [0.1, 0.15) is 45.1 Å². The van der Waals surface area contributed by atoms with Gasteiger partial charge in [-0.25, -0.2) is 0 Å². The molecule has 3 heteroatoms. The Balaban J connectivity index is 2.09. The Hall–Kier alpha value is -1.06. The Labute approximate surface area is 115 Å². The summed E-state index contributed by atoms with van der Waals surface area (Å²) in [4.78, 5) is 0. The maximum absolute atomic E-state index is 10.8. The fourth-order valence-electron chi connectivity index (χ4n) is 2.73. The number of hydrogen-bond donors (Lipinski definition) is 1. The first-order chi connectivity index (χ1) is 9.18. The summed E-state index contributed by atoms with van der Waals surface area (Å²) in [5.74, 6) is 0.854. The fraction of sp³-hybridized carbons (Fsp3) is 0.625. The van der Waals surface area contributed by atoms with Gasteiger partial charge in [-0.05, 0) is 31.0 Å². The molecule has 1 fully saturated rings. The van der Waals surface area contributed by atoms with Gasteiger partial charge in [-0.15, -0.1) is 0 Å². The minimum absolute atomic E-state index is 0.176. The molecule has 1 saturated heterocycles. The first-order valence-corrected chi connectivity index (χ1v) is 7.25. The van der Waals surface area contributed by atoms with Crippen molar-refractivity contribution in [3.8, 4) is 5.75 Å². The van der Waals surface area contributed by atoms with Crippen LogP contribution in [-0.2, 0) is 10.3 Å². The smallest absolute Gasteiger partial charge is 0.119 e. The summed E-state index contributed by atoms with van der Waals surface area (Å²) in [6.45, 7) is 5.41. The van der Waals surface area contributed by atoms with E-state index in [0.29, 0.717) is 26.1 Å². The third-order valence-corrected chi connectivity index (χ3v) is 3.75. The molecule has 0 amide bonds. The van der Waals surface area contributed by atoms with Crippen molar-refractivity contribution in [1.82, 2.24) is 0 Å². The summed E-state index contributed by atoms with van der Waals surface area (Å²) in [7, 11) is 0. The van der Waals surface area contributed by atoms with Crippen molar-refractivity contribution < 1.29 is 14.6 Å². The van der Waals surface area contributed by atoms with E-state index in [-0.39, 0.29) is 6.10 Å². The Bertz CT molecular complexity index is 385. The van der Waals surface area contributed by atoms with E-state index in [2.05, 4.69) is 6.92 Å². The Kier molecular flexibility index (Phi) is 4.83. The summed E-state index contributed by atoms with van der Waals surface area (Å²) in [5, 5.41) is 10.8. The third kappa shape index (κ3) is 3.48. The van der Waals surface area contributed by atoms with Gasteiger partial charge in [0, 0.05) is 12.8 Å². The van der Waals surface area contributed by atoms with Crippen LogP contribution in [0.25, 0.3) is 0 Å². The summed E-state index contributed by atoms with van der Waals surface area (Å²) in [6.07, 6.45) is 3.63. The van der Waals surface area contributed by atoms with Crippen LogP contribution < -0.4 is 4.74 Å². The van der Waals surface area contributed by atoms with E-state index < -0.39 is 5.60 Å². The molecule has 1 N–H and O–H groups in total.